The van der Waals surface area contributed by atoms with Gasteiger partial charge in [-0.05, 0) is 54.1 Å². The van der Waals surface area contributed by atoms with Crippen LogP contribution in [0.4, 0.5) is 14.5 Å². The molecule has 0 saturated carbocycles. The molecule has 1 saturated heterocycles. The fraction of sp³-hybridized carbons (Fsp3) is 0.0435. The van der Waals surface area contributed by atoms with Gasteiger partial charge in [-0.15, -0.1) is 0 Å². The number of rotatable bonds is 3. The summed E-state index contributed by atoms with van der Waals surface area (Å²) in [6, 6.07) is 15.5. The molecule has 0 aromatic heterocycles. The summed E-state index contributed by atoms with van der Waals surface area (Å²) < 4.78 is 26.9. The highest BCUT2D eigenvalue weighted by Gasteiger charge is 2.46. The van der Waals surface area contributed by atoms with Crippen molar-refractivity contribution in [1.29, 1.82) is 0 Å². The minimum absolute atomic E-state index is 0.168. The van der Waals surface area contributed by atoms with Crippen molar-refractivity contribution in [3.8, 4) is 0 Å². The predicted octanol–water partition coefficient (Wildman–Crippen LogP) is 5.24. The molecule has 1 aliphatic rings. The molecule has 1 aliphatic heterocycles. The number of nitrogens with zero attached hydrogens (tertiary/aromatic N) is 1. The number of benzene rings is 3. The Kier molecular flexibility index (Phi) is 5.10. The van der Waals surface area contributed by atoms with Crippen LogP contribution in [0.1, 0.15) is 17.2 Å². The van der Waals surface area contributed by atoms with Crippen LogP contribution in [0, 0.1) is 11.6 Å². The Bertz CT molecular complexity index is 1170. The van der Waals surface area contributed by atoms with Crippen molar-refractivity contribution in [3.05, 3.63) is 106 Å². The molecule has 0 radical (unpaired) electrons. The van der Waals surface area contributed by atoms with Gasteiger partial charge in [-0.3, -0.25) is 14.5 Å². The number of anilines is 1. The highest BCUT2D eigenvalue weighted by atomic mass is 35.5. The monoisotopic (exact) mass is 425 g/mol. The van der Waals surface area contributed by atoms with E-state index in [-0.39, 0.29) is 16.8 Å². The normalized spacial score (nSPS) is 18.1. The van der Waals surface area contributed by atoms with Crippen molar-refractivity contribution in [3.63, 3.8) is 0 Å². The zero-order valence-corrected chi connectivity index (χ0v) is 16.1. The number of hydrogen-bond acceptors (Lipinski definition) is 3. The number of aliphatic hydroxyl groups excluding tert-OH is 1. The van der Waals surface area contributed by atoms with Gasteiger partial charge >= 0.3 is 0 Å². The highest BCUT2D eigenvalue weighted by molar-refractivity contribution is 6.51. The first-order chi connectivity index (χ1) is 14.4. The maximum absolute atomic E-state index is 13.5. The van der Waals surface area contributed by atoms with Gasteiger partial charge in [0.1, 0.15) is 17.4 Å². The second-order valence-corrected chi connectivity index (χ2v) is 7.14. The molecule has 1 amide bonds. The molecule has 4 nitrogen and oxygen atoms in total. The van der Waals surface area contributed by atoms with E-state index < -0.39 is 35.1 Å². The number of carbonyl (C=O) groups excluding carboxylic acids is 2. The van der Waals surface area contributed by atoms with Crippen LogP contribution in [0.5, 0.6) is 0 Å². The smallest absolute Gasteiger partial charge is 0.300 e. The standard InChI is InChI=1S/C23H14ClF2NO3/c24-15-3-1-2-14(12-15)21(28)19-20(13-4-6-16(25)7-5-13)27(23(30)22(19)29)18-10-8-17(26)9-11-18/h1-12,20,28H/b21-19-. The molecule has 0 bridgehead atoms. The van der Waals surface area contributed by atoms with Crippen LogP contribution in [0.25, 0.3) is 5.76 Å². The molecule has 0 spiro atoms. The summed E-state index contributed by atoms with van der Waals surface area (Å²) in [6.45, 7) is 0. The molecule has 0 aliphatic carbocycles. The molecule has 1 atom stereocenters. The van der Waals surface area contributed by atoms with E-state index in [1.165, 1.54) is 42.5 Å². The Labute approximate surface area is 175 Å². The highest BCUT2D eigenvalue weighted by Crippen LogP contribution is 2.42. The fourth-order valence-corrected chi connectivity index (χ4v) is 3.64. The van der Waals surface area contributed by atoms with E-state index in [2.05, 4.69) is 0 Å². The van der Waals surface area contributed by atoms with Gasteiger partial charge in [0.15, 0.2) is 0 Å². The number of carbonyl (C=O) groups is 2. The Hall–Kier alpha value is -3.51. The number of amides is 1. The van der Waals surface area contributed by atoms with Crippen molar-refractivity contribution >= 4 is 34.7 Å². The lowest BCUT2D eigenvalue weighted by atomic mass is 9.95. The van der Waals surface area contributed by atoms with Gasteiger partial charge in [0.2, 0.25) is 0 Å². The summed E-state index contributed by atoms with van der Waals surface area (Å²) in [5.41, 5.74) is 0.756. The summed E-state index contributed by atoms with van der Waals surface area (Å²) in [7, 11) is 0. The van der Waals surface area contributed by atoms with E-state index in [0.717, 1.165) is 17.0 Å². The predicted molar refractivity (Wildman–Crippen MR) is 109 cm³/mol. The van der Waals surface area contributed by atoms with Crippen LogP contribution in [0.15, 0.2) is 78.4 Å². The number of ketones is 1. The SMILES string of the molecule is O=C1C(=O)N(c2ccc(F)cc2)C(c2ccc(F)cc2)/C1=C(/O)c1cccc(Cl)c1. The third-order valence-corrected chi connectivity index (χ3v) is 5.07. The van der Waals surface area contributed by atoms with E-state index in [0.29, 0.717) is 10.6 Å². The van der Waals surface area contributed by atoms with Crippen molar-refractivity contribution in [2.75, 3.05) is 4.90 Å². The van der Waals surface area contributed by atoms with Crippen molar-refractivity contribution < 1.29 is 23.5 Å². The molecule has 150 valence electrons. The van der Waals surface area contributed by atoms with Crippen LogP contribution in [-0.2, 0) is 9.59 Å². The lowest BCUT2D eigenvalue weighted by Gasteiger charge is -2.25. The second-order valence-electron chi connectivity index (χ2n) is 6.71. The van der Waals surface area contributed by atoms with Crippen LogP contribution in [0.3, 0.4) is 0 Å². The van der Waals surface area contributed by atoms with Crippen molar-refractivity contribution in [1.82, 2.24) is 0 Å². The third-order valence-electron chi connectivity index (χ3n) is 4.83. The summed E-state index contributed by atoms with van der Waals surface area (Å²) in [6.07, 6.45) is 0. The van der Waals surface area contributed by atoms with Crippen LogP contribution in [-0.4, -0.2) is 16.8 Å². The van der Waals surface area contributed by atoms with Gasteiger partial charge in [0, 0.05) is 16.3 Å². The van der Waals surface area contributed by atoms with Crippen LogP contribution >= 0.6 is 11.6 Å². The topological polar surface area (TPSA) is 57.6 Å². The summed E-state index contributed by atoms with van der Waals surface area (Å²) in [5, 5.41) is 11.3. The van der Waals surface area contributed by atoms with E-state index in [4.69, 9.17) is 11.6 Å². The maximum atomic E-state index is 13.5. The first-order valence-corrected chi connectivity index (χ1v) is 9.32. The average Bonchev–Trinajstić information content (AvgIpc) is 3.00. The summed E-state index contributed by atoms with van der Waals surface area (Å²) >= 11 is 6.00. The largest absolute Gasteiger partial charge is 0.507 e. The first kappa shape index (κ1) is 19.8. The lowest BCUT2D eigenvalue weighted by Crippen LogP contribution is -2.29. The van der Waals surface area contributed by atoms with E-state index >= 15 is 0 Å². The summed E-state index contributed by atoms with van der Waals surface area (Å²) in [5.74, 6) is -3.21. The Morgan fingerprint density at radius 1 is 0.900 bits per heavy atom. The number of aliphatic hydroxyl groups is 1. The van der Waals surface area contributed by atoms with Crippen LogP contribution in [0.2, 0.25) is 5.02 Å². The third kappa shape index (κ3) is 3.46. The van der Waals surface area contributed by atoms with Gasteiger partial charge in [-0.25, -0.2) is 8.78 Å². The van der Waals surface area contributed by atoms with Gasteiger partial charge in [0.25, 0.3) is 11.7 Å². The molecule has 1 N–H and O–H groups in total. The van der Waals surface area contributed by atoms with Gasteiger partial charge in [-0.1, -0.05) is 35.9 Å². The minimum atomic E-state index is -1.03. The van der Waals surface area contributed by atoms with E-state index in [9.17, 15) is 23.5 Å². The molecule has 7 heteroatoms. The molecule has 1 fully saturated rings. The molecule has 30 heavy (non-hydrogen) atoms. The molecule has 1 unspecified atom stereocenters. The van der Waals surface area contributed by atoms with Gasteiger partial charge in [-0.2, -0.15) is 0 Å². The number of Topliss-reactive ketones (excluding diaryl/α,β-unsaturated/α-hetero) is 1. The second kappa shape index (κ2) is 7.72. The van der Waals surface area contributed by atoms with E-state index in [1.807, 2.05) is 0 Å². The molecule has 1 heterocycles. The average molecular weight is 426 g/mol. The van der Waals surface area contributed by atoms with Crippen molar-refractivity contribution in [2.24, 2.45) is 0 Å². The molecule has 3 aromatic rings. The molecule has 3 aromatic carbocycles. The first-order valence-electron chi connectivity index (χ1n) is 8.95. The van der Waals surface area contributed by atoms with E-state index in [1.54, 1.807) is 18.2 Å². The Morgan fingerprint density at radius 2 is 1.50 bits per heavy atom. The lowest BCUT2D eigenvalue weighted by molar-refractivity contribution is -0.132. The fourth-order valence-electron chi connectivity index (χ4n) is 3.45. The maximum Gasteiger partial charge on any atom is 0.300 e. The number of halogens is 3. The van der Waals surface area contributed by atoms with Gasteiger partial charge in [0.05, 0.1) is 11.6 Å². The molecule has 4 rings (SSSR count). The van der Waals surface area contributed by atoms with Crippen LogP contribution < -0.4 is 4.90 Å². The van der Waals surface area contributed by atoms with Crippen molar-refractivity contribution in [2.45, 2.75) is 6.04 Å². The zero-order chi connectivity index (χ0) is 21.4. The molecular weight excluding hydrogens is 412 g/mol. The molecular formula is C23H14ClF2NO3. The zero-order valence-electron chi connectivity index (χ0n) is 15.4. The summed E-state index contributed by atoms with van der Waals surface area (Å²) in [4.78, 5) is 27.0. The Morgan fingerprint density at radius 3 is 2.10 bits per heavy atom. The quantitative estimate of drug-likeness (QED) is 0.354. The van der Waals surface area contributed by atoms with Gasteiger partial charge < -0.3 is 5.11 Å². The number of hydrogen-bond donors (Lipinski definition) is 1. The Balaban J connectivity index is 1.95. The minimum Gasteiger partial charge on any atom is -0.507 e.